The molecule has 3 N–H and O–H groups in total. The van der Waals surface area contributed by atoms with Crippen LogP contribution in [0.5, 0.6) is 0 Å². The predicted octanol–water partition coefficient (Wildman–Crippen LogP) is 15.1. The minimum absolute atomic E-state index is 0.191. The summed E-state index contributed by atoms with van der Waals surface area (Å²) in [7, 11) is 0. The minimum atomic E-state index is -0.883. The number of carbonyl (C=O) groups is 1. The Morgan fingerprint density at radius 2 is 0.782 bits per heavy atom. The van der Waals surface area contributed by atoms with Crippen molar-refractivity contribution in [3.63, 3.8) is 0 Å². The van der Waals surface area contributed by atoms with E-state index in [-0.39, 0.29) is 18.9 Å². The summed E-state index contributed by atoms with van der Waals surface area (Å²) in [6.45, 7) is 4.15. The van der Waals surface area contributed by atoms with Crippen molar-refractivity contribution in [1.29, 1.82) is 0 Å². The Balaban J connectivity index is 3.58. The van der Waals surface area contributed by atoms with Crippen LogP contribution >= 0.6 is 0 Å². The topological polar surface area (TPSA) is 69.6 Å². The van der Waals surface area contributed by atoms with Crippen molar-refractivity contribution in [3.8, 4) is 0 Å². The van der Waals surface area contributed by atoms with Gasteiger partial charge in [0.25, 0.3) is 0 Å². The van der Waals surface area contributed by atoms with Crippen LogP contribution in [0.2, 0.25) is 0 Å². The normalized spacial score (nSPS) is 13.6. The fourth-order valence-electron chi connectivity index (χ4n) is 6.89. The van der Waals surface area contributed by atoms with Crippen molar-refractivity contribution in [2.75, 3.05) is 6.61 Å². The van der Waals surface area contributed by atoms with Crippen LogP contribution in [0.3, 0.4) is 0 Å². The van der Waals surface area contributed by atoms with Gasteiger partial charge in [0.1, 0.15) is 0 Å². The summed E-state index contributed by atoms with van der Waals surface area (Å²) in [4.78, 5) is 12.3. The zero-order valence-electron chi connectivity index (χ0n) is 36.4. The van der Waals surface area contributed by atoms with Crippen molar-refractivity contribution < 1.29 is 15.0 Å². The number of carbonyl (C=O) groups excluding carboxylic acids is 1. The van der Waals surface area contributed by atoms with E-state index in [1.54, 1.807) is 6.08 Å². The molecule has 0 heterocycles. The van der Waals surface area contributed by atoms with Crippen LogP contribution in [0, 0.1) is 0 Å². The van der Waals surface area contributed by atoms with Crippen LogP contribution in [0.15, 0.2) is 72.9 Å². The van der Waals surface area contributed by atoms with Gasteiger partial charge in [-0.2, -0.15) is 0 Å². The maximum atomic E-state index is 12.3. The molecule has 0 saturated carbocycles. The van der Waals surface area contributed by atoms with Gasteiger partial charge in [-0.25, -0.2) is 0 Å². The van der Waals surface area contributed by atoms with Crippen molar-refractivity contribution in [3.05, 3.63) is 72.9 Å². The molecule has 0 aromatic carbocycles. The third-order valence-electron chi connectivity index (χ3n) is 10.5. The second-order valence-electron chi connectivity index (χ2n) is 15.8. The molecule has 0 spiro atoms. The monoisotopic (exact) mass is 766 g/mol. The molecule has 0 bridgehead atoms. The van der Waals surface area contributed by atoms with Gasteiger partial charge in [0.2, 0.25) is 5.91 Å². The largest absolute Gasteiger partial charge is 0.394 e. The molecule has 0 fully saturated rings. The molecule has 4 nitrogen and oxygen atoms in total. The third kappa shape index (κ3) is 42.8. The van der Waals surface area contributed by atoms with Gasteiger partial charge >= 0.3 is 0 Å². The molecule has 0 aliphatic rings. The average Bonchev–Trinajstić information content (AvgIpc) is 3.19. The molecule has 0 saturated heterocycles. The van der Waals surface area contributed by atoms with Gasteiger partial charge in [-0.1, -0.05) is 247 Å². The summed E-state index contributed by atoms with van der Waals surface area (Å²) in [5, 5.41) is 22.9. The summed E-state index contributed by atoms with van der Waals surface area (Å²) >= 11 is 0. The lowest BCUT2D eigenvalue weighted by atomic mass is 10.0. The molecule has 0 aliphatic carbocycles. The molecule has 4 heteroatoms. The van der Waals surface area contributed by atoms with Gasteiger partial charge in [-0.3, -0.25) is 4.79 Å². The lowest BCUT2D eigenvalue weighted by molar-refractivity contribution is -0.122. The molecule has 0 aromatic rings. The van der Waals surface area contributed by atoms with Gasteiger partial charge in [0.05, 0.1) is 18.8 Å². The van der Waals surface area contributed by atoms with E-state index >= 15 is 0 Å². The Labute approximate surface area is 342 Å². The first-order chi connectivity index (χ1) is 27.2. The van der Waals surface area contributed by atoms with E-state index in [9.17, 15) is 15.0 Å². The quantitative estimate of drug-likeness (QED) is 0.0428. The Hall–Kier alpha value is -2.17. The standard InChI is InChI=1S/C51H91NO3/c1-3-5-7-9-11-13-15-17-19-20-21-22-23-24-25-26-27-28-29-30-31-33-34-36-38-40-42-44-46-50(54)49(48-53)52-51(55)47-45-43-41-39-37-35-32-18-16-14-12-10-8-6-4-2/h6,8,12,14,18,32,37,39,43-46,49-50,53-54H,3-5,7,9-11,13,15-17,19-31,33-36,38,40-42,47-48H2,1-2H3,(H,52,55)/b8-6-,14-12-,32-18-,39-37-,45-43-,46-44+. The van der Waals surface area contributed by atoms with E-state index in [0.717, 1.165) is 44.9 Å². The lowest BCUT2D eigenvalue weighted by Gasteiger charge is -2.19. The highest BCUT2D eigenvalue weighted by Crippen LogP contribution is 2.16. The zero-order valence-corrected chi connectivity index (χ0v) is 36.4. The van der Waals surface area contributed by atoms with Crippen molar-refractivity contribution in [2.24, 2.45) is 0 Å². The number of unbranched alkanes of at least 4 members (excludes halogenated alkanes) is 26. The van der Waals surface area contributed by atoms with E-state index in [0.29, 0.717) is 0 Å². The van der Waals surface area contributed by atoms with Crippen LogP contribution in [-0.4, -0.2) is 34.9 Å². The molecule has 0 rings (SSSR count). The molecule has 2 unspecified atom stereocenters. The average molecular weight is 766 g/mol. The van der Waals surface area contributed by atoms with Gasteiger partial charge in [0, 0.05) is 6.42 Å². The first-order valence-electron chi connectivity index (χ1n) is 23.7. The maximum Gasteiger partial charge on any atom is 0.224 e. The Morgan fingerprint density at radius 1 is 0.455 bits per heavy atom. The smallest absolute Gasteiger partial charge is 0.224 e. The first kappa shape index (κ1) is 52.8. The van der Waals surface area contributed by atoms with E-state index < -0.39 is 12.1 Å². The first-order valence-corrected chi connectivity index (χ1v) is 23.7. The lowest BCUT2D eigenvalue weighted by Crippen LogP contribution is -2.44. The number of nitrogens with one attached hydrogen (secondary N) is 1. The summed E-state index contributed by atoms with van der Waals surface area (Å²) in [6.07, 6.45) is 66.3. The number of aliphatic hydroxyl groups excluding tert-OH is 2. The molecule has 55 heavy (non-hydrogen) atoms. The van der Waals surface area contributed by atoms with Crippen molar-refractivity contribution in [2.45, 2.75) is 238 Å². The number of rotatable bonds is 42. The van der Waals surface area contributed by atoms with Gasteiger partial charge in [-0.15, -0.1) is 0 Å². The summed E-state index contributed by atoms with van der Waals surface area (Å²) in [5.74, 6) is -0.191. The number of aliphatic hydroxyl groups is 2. The maximum absolute atomic E-state index is 12.3. The van der Waals surface area contributed by atoms with Crippen LogP contribution in [0.1, 0.15) is 226 Å². The molecule has 318 valence electrons. The van der Waals surface area contributed by atoms with Gasteiger partial charge in [0.15, 0.2) is 0 Å². The number of hydrogen-bond acceptors (Lipinski definition) is 3. The van der Waals surface area contributed by atoms with E-state index in [2.05, 4.69) is 67.8 Å². The molecule has 0 radical (unpaired) electrons. The second kappa shape index (κ2) is 46.2. The van der Waals surface area contributed by atoms with E-state index in [1.165, 1.54) is 161 Å². The zero-order chi connectivity index (χ0) is 40.0. The van der Waals surface area contributed by atoms with Crippen molar-refractivity contribution in [1.82, 2.24) is 5.32 Å². The highest BCUT2D eigenvalue weighted by Gasteiger charge is 2.17. The molecule has 1 amide bonds. The molecular weight excluding hydrogens is 675 g/mol. The molecular formula is C51H91NO3. The SMILES string of the molecule is CC/C=C\C/C=C\C/C=C\C/C=C\C/C=C\CC(=O)NC(CO)C(O)/C=C/CCCCCCCCCCCCCCCCCCCCCCCCCCCC. The number of allylic oxidation sites excluding steroid dienone is 10. The summed E-state index contributed by atoms with van der Waals surface area (Å²) in [6, 6.07) is -0.680. The van der Waals surface area contributed by atoms with Crippen LogP contribution in [0.25, 0.3) is 0 Å². The Bertz CT molecular complexity index is 961. The highest BCUT2D eigenvalue weighted by atomic mass is 16.3. The summed E-state index contributed by atoms with van der Waals surface area (Å²) in [5.41, 5.74) is 0. The van der Waals surface area contributed by atoms with E-state index in [1.807, 2.05) is 18.2 Å². The Morgan fingerprint density at radius 3 is 1.13 bits per heavy atom. The van der Waals surface area contributed by atoms with Gasteiger partial charge in [-0.05, 0) is 44.9 Å². The fourth-order valence-corrected chi connectivity index (χ4v) is 6.89. The Kier molecular flexibility index (Phi) is 44.4. The minimum Gasteiger partial charge on any atom is -0.394 e. The van der Waals surface area contributed by atoms with Crippen molar-refractivity contribution >= 4 is 5.91 Å². The van der Waals surface area contributed by atoms with Crippen LogP contribution in [0.4, 0.5) is 0 Å². The highest BCUT2D eigenvalue weighted by molar-refractivity contribution is 5.77. The predicted molar refractivity (Wildman–Crippen MR) is 244 cm³/mol. The molecule has 0 aliphatic heterocycles. The number of hydrogen-bond donors (Lipinski definition) is 3. The van der Waals surface area contributed by atoms with Crippen LogP contribution < -0.4 is 5.32 Å². The third-order valence-corrected chi connectivity index (χ3v) is 10.5. The van der Waals surface area contributed by atoms with E-state index in [4.69, 9.17) is 0 Å². The number of amides is 1. The van der Waals surface area contributed by atoms with Gasteiger partial charge < -0.3 is 15.5 Å². The second-order valence-corrected chi connectivity index (χ2v) is 15.8. The van der Waals surface area contributed by atoms with Crippen LogP contribution in [-0.2, 0) is 4.79 Å². The molecule has 2 atom stereocenters. The molecule has 0 aromatic heterocycles. The summed E-state index contributed by atoms with van der Waals surface area (Å²) < 4.78 is 0. The fraction of sp³-hybridized carbons (Fsp3) is 0.745.